The number of nitrogens with zero attached hydrogens (tertiary/aromatic N) is 2. The van der Waals surface area contributed by atoms with E-state index >= 15 is 0 Å². The van der Waals surface area contributed by atoms with Crippen LogP contribution in [0.5, 0.6) is 0 Å². The predicted octanol–water partition coefficient (Wildman–Crippen LogP) is 3.65. The molecular formula is C16H18ClN3. The zero-order chi connectivity index (χ0) is 14.4. The van der Waals surface area contributed by atoms with Crippen molar-refractivity contribution in [2.24, 2.45) is 15.7 Å². The van der Waals surface area contributed by atoms with Crippen LogP contribution in [0.15, 0.2) is 64.1 Å². The molecule has 3 nitrogen and oxygen atoms in total. The lowest BCUT2D eigenvalue weighted by Crippen LogP contribution is -2.15. The van der Waals surface area contributed by atoms with Gasteiger partial charge < -0.3 is 5.73 Å². The lowest BCUT2D eigenvalue weighted by molar-refractivity contribution is 0.784. The highest BCUT2D eigenvalue weighted by Crippen LogP contribution is 2.18. The number of nitrogens with two attached hydrogens (primary N) is 1. The maximum atomic E-state index is 6.08. The van der Waals surface area contributed by atoms with E-state index in [-0.39, 0.29) is 11.3 Å². The van der Waals surface area contributed by atoms with Crippen molar-refractivity contribution in [2.75, 3.05) is 0 Å². The molecule has 1 unspecified atom stereocenters. The Hall–Kier alpha value is -1.87. The number of hydrogen-bond acceptors (Lipinski definition) is 1. The summed E-state index contributed by atoms with van der Waals surface area (Å²) in [5, 5.41) is 0.189. The number of halogens is 1. The summed E-state index contributed by atoms with van der Waals surface area (Å²) in [5.41, 5.74) is 8.01. The van der Waals surface area contributed by atoms with Crippen LogP contribution in [0.2, 0.25) is 0 Å². The summed E-state index contributed by atoms with van der Waals surface area (Å²) < 4.78 is 0. The van der Waals surface area contributed by atoms with Crippen molar-refractivity contribution < 1.29 is 0 Å². The molecule has 0 fully saturated rings. The van der Waals surface area contributed by atoms with Crippen molar-refractivity contribution in [3.63, 3.8) is 0 Å². The molecule has 0 heterocycles. The molecule has 2 N–H and O–H groups in total. The summed E-state index contributed by atoms with van der Waals surface area (Å²) in [5.74, 6) is 0.379. The van der Waals surface area contributed by atoms with E-state index in [0.29, 0.717) is 5.84 Å². The molecule has 2 rings (SSSR count). The summed E-state index contributed by atoms with van der Waals surface area (Å²) in [6.45, 7) is 2.02. The molecule has 104 valence electrons. The van der Waals surface area contributed by atoms with Gasteiger partial charge in [0.05, 0.1) is 6.04 Å². The van der Waals surface area contributed by atoms with E-state index in [9.17, 15) is 0 Å². The van der Waals surface area contributed by atoms with Crippen LogP contribution in [0.25, 0.3) is 0 Å². The first-order valence-electron chi connectivity index (χ1n) is 6.65. The number of hydrogen-bond donors (Lipinski definition) is 1. The van der Waals surface area contributed by atoms with Crippen LogP contribution in [-0.2, 0) is 0 Å². The Morgan fingerprint density at radius 2 is 2.05 bits per heavy atom. The number of amidine groups is 2. The van der Waals surface area contributed by atoms with Crippen LogP contribution in [0.3, 0.4) is 0 Å². The third-order valence-electron chi connectivity index (χ3n) is 3.17. The molecule has 0 spiro atoms. The zero-order valence-electron chi connectivity index (χ0n) is 11.5. The summed E-state index contributed by atoms with van der Waals surface area (Å²) in [6.07, 6.45) is 8.36. The van der Waals surface area contributed by atoms with Crippen molar-refractivity contribution in [1.29, 1.82) is 0 Å². The van der Waals surface area contributed by atoms with Gasteiger partial charge in [0, 0.05) is 5.56 Å². The molecule has 1 aromatic rings. The van der Waals surface area contributed by atoms with Crippen molar-refractivity contribution >= 4 is 22.7 Å². The van der Waals surface area contributed by atoms with E-state index in [2.05, 4.69) is 28.2 Å². The summed E-state index contributed by atoms with van der Waals surface area (Å²) in [6, 6.07) is 9.55. The highest BCUT2D eigenvalue weighted by atomic mass is 35.5. The van der Waals surface area contributed by atoms with Gasteiger partial charge in [-0.05, 0) is 36.9 Å². The summed E-state index contributed by atoms with van der Waals surface area (Å²) in [4.78, 5) is 8.53. The van der Waals surface area contributed by atoms with Crippen LogP contribution >= 0.6 is 11.6 Å². The molecule has 1 aliphatic rings. The minimum atomic E-state index is 0.0276. The quantitative estimate of drug-likeness (QED) is 0.515. The first-order chi connectivity index (χ1) is 9.66. The average molecular weight is 288 g/mol. The third-order valence-corrected chi connectivity index (χ3v) is 3.35. The number of aliphatic imine (C=N–C) groups is 2. The minimum Gasteiger partial charge on any atom is -0.383 e. The standard InChI is InChI=1S/C16H18ClN3/c1-12(13-8-4-2-5-9-13)19-16(17)20-15(18)14-10-6-3-7-11-14/h2-4,6-8,10-12H,5,9H2,1H3,(H2,18,19,20). The van der Waals surface area contributed by atoms with Gasteiger partial charge in [-0.15, -0.1) is 0 Å². The van der Waals surface area contributed by atoms with E-state index in [1.165, 1.54) is 5.57 Å². The normalized spacial score (nSPS) is 17.8. The Morgan fingerprint density at radius 1 is 1.30 bits per heavy atom. The fraction of sp³-hybridized carbons (Fsp3) is 0.250. The van der Waals surface area contributed by atoms with E-state index in [4.69, 9.17) is 17.3 Å². The van der Waals surface area contributed by atoms with E-state index in [0.717, 1.165) is 18.4 Å². The Kier molecular flexibility index (Phi) is 5.13. The van der Waals surface area contributed by atoms with Gasteiger partial charge in [-0.3, -0.25) is 0 Å². The molecule has 1 aliphatic carbocycles. The molecule has 0 amide bonds. The number of benzene rings is 1. The van der Waals surface area contributed by atoms with Crippen LogP contribution in [0, 0.1) is 0 Å². The molecule has 1 atom stereocenters. The Balaban J connectivity index is 2.10. The topological polar surface area (TPSA) is 50.7 Å². The largest absolute Gasteiger partial charge is 0.383 e. The maximum Gasteiger partial charge on any atom is 0.220 e. The lowest BCUT2D eigenvalue weighted by atomic mass is 10.00. The van der Waals surface area contributed by atoms with Crippen molar-refractivity contribution in [3.05, 3.63) is 59.7 Å². The first kappa shape index (κ1) is 14.5. The van der Waals surface area contributed by atoms with Gasteiger partial charge >= 0.3 is 0 Å². The second-order valence-corrected chi connectivity index (χ2v) is 4.98. The summed E-state index contributed by atoms with van der Waals surface area (Å²) in [7, 11) is 0. The van der Waals surface area contributed by atoms with E-state index in [1.54, 1.807) is 0 Å². The molecule has 0 bridgehead atoms. The molecular weight excluding hydrogens is 270 g/mol. The summed E-state index contributed by atoms with van der Waals surface area (Å²) >= 11 is 6.08. The highest BCUT2D eigenvalue weighted by Gasteiger charge is 2.09. The van der Waals surface area contributed by atoms with Crippen LogP contribution < -0.4 is 5.73 Å². The molecule has 4 heteroatoms. The van der Waals surface area contributed by atoms with Gasteiger partial charge in [0.25, 0.3) is 0 Å². The highest BCUT2D eigenvalue weighted by molar-refractivity contribution is 6.65. The van der Waals surface area contributed by atoms with Crippen LogP contribution in [-0.4, -0.2) is 17.2 Å². The van der Waals surface area contributed by atoms with E-state index < -0.39 is 0 Å². The van der Waals surface area contributed by atoms with Crippen molar-refractivity contribution in [1.82, 2.24) is 0 Å². The molecule has 0 saturated heterocycles. The monoisotopic (exact) mass is 287 g/mol. The van der Waals surface area contributed by atoms with Gasteiger partial charge in [-0.25, -0.2) is 9.98 Å². The maximum absolute atomic E-state index is 6.08. The average Bonchev–Trinajstić information content (AvgIpc) is 2.49. The Morgan fingerprint density at radius 3 is 2.70 bits per heavy atom. The number of allylic oxidation sites excluding steroid dienone is 3. The number of rotatable bonds is 3. The minimum absolute atomic E-state index is 0.0276. The second-order valence-electron chi connectivity index (χ2n) is 4.65. The zero-order valence-corrected chi connectivity index (χ0v) is 12.2. The Bertz CT molecular complexity index is 571. The fourth-order valence-electron chi connectivity index (χ4n) is 2.01. The molecule has 20 heavy (non-hydrogen) atoms. The van der Waals surface area contributed by atoms with Gasteiger partial charge in [0.2, 0.25) is 5.29 Å². The van der Waals surface area contributed by atoms with Crippen LogP contribution in [0.1, 0.15) is 25.3 Å². The molecule has 0 radical (unpaired) electrons. The lowest BCUT2D eigenvalue weighted by Gasteiger charge is -2.13. The van der Waals surface area contributed by atoms with E-state index in [1.807, 2.05) is 37.3 Å². The molecule has 1 aromatic carbocycles. The SMILES string of the molecule is CC(N=C(Cl)/N=C(\N)c1ccccc1)C1=CC=CCC1. The van der Waals surface area contributed by atoms with Crippen molar-refractivity contribution in [2.45, 2.75) is 25.8 Å². The van der Waals surface area contributed by atoms with Crippen LogP contribution in [0.4, 0.5) is 0 Å². The van der Waals surface area contributed by atoms with Gasteiger partial charge in [-0.2, -0.15) is 0 Å². The first-order valence-corrected chi connectivity index (χ1v) is 7.03. The smallest absolute Gasteiger partial charge is 0.220 e. The fourth-order valence-corrected chi connectivity index (χ4v) is 2.25. The molecule has 0 saturated carbocycles. The molecule has 0 aromatic heterocycles. The van der Waals surface area contributed by atoms with Gasteiger partial charge in [-0.1, -0.05) is 48.6 Å². The second kappa shape index (κ2) is 7.06. The predicted molar refractivity (Wildman–Crippen MR) is 86.4 cm³/mol. The Labute approximate surface area is 124 Å². The molecule has 0 aliphatic heterocycles. The third kappa shape index (κ3) is 4.07. The van der Waals surface area contributed by atoms with Gasteiger partial charge in [0.15, 0.2) is 0 Å². The van der Waals surface area contributed by atoms with Crippen molar-refractivity contribution in [3.8, 4) is 0 Å². The van der Waals surface area contributed by atoms with Gasteiger partial charge in [0.1, 0.15) is 5.84 Å².